The molecular formula is C11H21NO5S. The second-order valence-corrected chi connectivity index (χ2v) is 6.69. The molecule has 1 saturated carbocycles. The highest BCUT2D eigenvalue weighted by atomic mass is 32.2. The van der Waals surface area contributed by atoms with E-state index in [9.17, 15) is 18.3 Å². The molecule has 0 aliphatic heterocycles. The van der Waals surface area contributed by atoms with Crippen LogP contribution in [0.4, 0.5) is 0 Å². The minimum Gasteiger partial charge on any atom is -0.468 e. The van der Waals surface area contributed by atoms with E-state index in [-0.39, 0.29) is 18.6 Å². The fraction of sp³-hybridized carbons (Fsp3) is 0.909. The maximum atomic E-state index is 12.0. The highest BCUT2D eigenvalue weighted by Crippen LogP contribution is 2.25. The first-order valence-corrected chi connectivity index (χ1v) is 7.66. The van der Waals surface area contributed by atoms with E-state index in [0.717, 1.165) is 26.4 Å². The van der Waals surface area contributed by atoms with Crippen LogP contribution in [0.25, 0.3) is 0 Å². The fourth-order valence-corrected chi connectivity index (χ4v) is 3.47. The molecular weight excluding hydrogens is 258 g/mol. The maximum absolute atomic E-state index is 12.0. The lowest BCUT2D eigenvalue weighted by Gasteiger charge is -2.31. The molecule has 0 bridgehead atoms. The molecule has 1 aliphatic rings. The van der Waals surface area contributed by atoms with Gasteiger partial charge in [-0.3, -0.25) is 4.79 Å². The van der Waals surface area contributed by atoms with Gasteiger partial charge in [0, 0.05) is 12.6 Å². The van der Waals surface area contributed by atoms with Crippen molar-refractivity contribution in [3.05, 3.63) is 0 Å². The van der Waals surface area contributed by atoms with Gasteiger partial charge in [0.1, 0.15) is 0 Å². The Bertz CT molecular complexity index is 381. The van der Waals surface area contributed by atoms with E-state index in [1.165, 1.54) is 6.92 Å². The third-order valence-corrected chi connectivity index (χ3v) is 5.21. The van der Waals surface area contributed by atoms with Gasteiger partial charge in [-0.05, 0) is 25.7 Å². The molecule has 0 amide bonds. The minimum absolute atomic E-state index is 0.0419. The van der Waals surface area contributed by atoms with Crippen molar-refractivity contribution in [2.24, 2.45) is 5.92 Å². The van der Waals surface area contributed by atoms with Gasteiger partial charge in [0.15, 0.2) is 5.25 Å². The predicted molar refractivity (Wildman–Crippen MR) is 66.4 cm³/mol. The molecule has 1 fully saturated rings. The number of ether oxygens (including phenoxy) is 1. The van der Waals surface area contributed by atoms with Crippen LogP contribution in [-0.4, -0.2) is 44.5 Å². The number of methoxy groups -OCH3 is 1. The Kier molecular flexibility index (Phi) is 5.55. The van der Waals surface area contributed by atoms with E-state index in [0.29, 0.717) is 6.42 Å². The molecule has 1 rings (SSSR count). The molecule has 1 aliphatic carbocycles. The first-order chi connectivity index (χ1) is 8.42. The summed E-state index contributed by atoms with van der Waals surface area (Å²) < 4.78 is 30.9. The van der Waals surface area contributed by atoms with Gasteiger partial charge in [-0.15, -0.1) is 0 Å². The van der Waals surface area contributed by atoms with Gasteiger partial charge in [0.25, 0.3) is 0 Å². The quantitative estimate of drug-likeness (QED) is 0.692. The van der Waals surface area contributed by atoms with Crippen LogP contribution in [0, 0.1) is 5.92 Å². The van der Waals surface area contributed by atoms with Crippen LogP contribution < -0.4 is 4.72 Å². The molecule has 2 N–H and O–H groups in total. The molecule has 0 saturated heterocycles. The number of esters is 1. The molecule has 0 aromatic carbocycles. The number of rotatable bonds is 5. The van der Waals surface area contributed by atoms with Crippen molar-refractivity contribution in [2.45, 2.75) is 43.9 Å². The minimum atomic E-state index is -3.75. The summed E-state index contributed by atoms with van der Waals surface area (Å²) in [6, 6.07) is -0.291. The average Bonchev–Trinajstić information content (AvgIpc) is 2.37. The van der Waals surface area contributed by atoms with Crippen molar-refractivity contribution in [2.75, 3.05) is 13.7 Å². The van der Waals surface area contributed by atoms with Gasteiger partial charge >= 0.3 is 5.97 Å². The molecule has 0 aromatic heterocycles. The lowest BCUT2D eigenvalue weighted by atomic mass is 9.86. The lowest BCUT2D eigenvalue weighted by molar-refractivity contribution is -0.139. The Hall–Kier alpha value is -0.660. The van der Waals surface area contributed by atoms with E-state index < -0.39 is 21.2 Å². The van der Waals surface area contributed by atoms with Crippen molar-refractivity contribution >= 4 is 16.0 Å². The van der Waals surface area contributed by atoms with E-state index in [1.54, 1.807) is 0 Å². The monoisotopic (exact) mass is 279 g/mol. The number of sulfonamides is 1. The summed E-state index contributed by atoms with van der Waals surface area (Å²) >= 11 is 0. The number of carbonyl (C=O) groups is 1. The van der Waals surface area contributed by atoms with E-state index in [1.807, 2.05) is 0 Å². The lowest BCUT2D eigenvalue weighted by Crippen LogP contribution is -2.48. The molecule has 3 unspecified atom stereocenters. The topological polar surface area (TPSA) is 92.7 Å². The molecule has 0 radical (unpaired) electrons. The number of hydrogen-bond donors (Lipinski definition) is 2. The summed E-state index contributed by atoms with van der Waals surface area (Å²) in [5.41, 5.74) is 0. The second kappa shape index (κ2) is 6.49. The molecule has 6 nitrogen and oxygen atoms in total. The molecule has 3 atom stereocenters. The SMILES string of the molecule is COC(=O)C(C)S(=O)(=O)NC1CCCCC1CO. The maximum Gasteiger partial charge on any atom is 0.325 e. The third-order valence-electron chi connectivity index (χ3n) is 3.46. The number of nitrogens with one attached hydrogen (secondary N) is 1. The van der Waals surface area contributed by atoms with Crippen LogP contribution in [-0.2, 0) is 19.6 Å². The molecule has 0 heterocycles. The first kappa shape index (κ1) is 15.4. The number of carbonyl (C=O) groups excluding carboxylic acids is 1. The molecule has 106 valence electrons. The largest absolute Gasteiger partial charge is 0.468 e. The zero-order chi connectivity index (χ0) is 13.8. The number of aliphatic hydroxyl groups is 1. The van der Waals surface area contributed by atoms with Crippen molar-refractivity contribution in [1.82, 2.24) is 4.72 Å². The van der Waals surface area contributed by atoms with Crippen LogP contribution in [0.15, 0.2) is 0 Å². The van der Waals surface area contributed by atoms with Crippen LogP contribution in [0.1, 0.15) is 32.6 Å². The molecule has 0 aromatic rings. The van der Waals surface area contributed by atoms with Crippen LogP contribution in [0.3, 0.4) is 0 Å². The zero-order valence-corrected chi connectivity index (χ0v) is 11.6. The van der Waals surface area contributed by atoms with Crippen LogP contribution in [0.5, 0.6) is 0 Å². The Balaban J connectivity index is 2.72. The summed E-state index contributed by atoms with van der Waals surface area (Å²) in [5.74, 6) is -0.850. The summed E-state index contributed by atoms with van der Waals surface area (Å²) in [4.78, 5) is 11.3. The summed E-state index contributed by atoms with van der Waals surface area (Å²) in [6.07, 6.45) is 3.42. The van der Waals surface area contributed by atoms with Gasteiger partial charge in [-0.25, -0.2) is 13.1 Å². The highest BCUT2D eigenvalue weighted by molar-refractivity contribution is 7.90. The van der Waals surface area contributed by atoms with Gasteiger partial charge in [-0.2, -0.15) is 0 Å². The normalized spacial score (nSPS) is 26.6. The predicted octanol–water partition coefficient (Wildman–Crippen LogP) is 0.0184. The molecule has 18 heavy (non-hydrogen) atoms. The van der Waals surface area contributed by atoms with E-state index in [2.05, 4.69) is 9.46 Å². The van der Waals surface area contributed by atoms with Gasteiger partial charge in [0.05, 0.1) is 7.11 Å². The Morgan fingerprint density at radius 2 is 2.06 bits per heavy atom. The van der Waals surface area contributed by atoms with Gasteiger partial charge in [0.2, 0.25) is 10.0 Å². The number of aliphatic hydroxyl groups excluding tert-OH is 1. The van der Waals surface area contributed by atoms with Crippen molar-refractivity contribution in [1.29, 1.82) is 0 Å². The Morgan fingerprint density at radius 3 is 2.61 bits per heavy atom. The highest BCUT2D eigenvalue weighted by Gasteiger charge is 2.34. The number of hydrogen-bond acceptors (Lipinski definition) is 5. The summed E-state index contributed by atoms with van der Waals surface area (Å²) in [6.45, 7) is 1.25. The van der Waals surface area contributed by atoms with Crippen molar-refractivity contribution < 1.29 is 23.1 Å². The smallest absolute Gasteiger partial charge is 0.325 e. The average molecular weight is 279 g/mol. The second-order valence-electron chi connectivity index (χ2n) is 4.66. The van der Waals surface area contributed by atoms with Crippen molar-refractivity contribution in [3.8, 4) is 0 Å². The van der Waals surface area contributed by atoms with E-state index in [4.69, 9.17) is 0 Å². The third kappa shape index (κ3) is 3.66. The molecule has 7 heteroatoms. The van der Waals surface area contributed by atoms with Gasteiger partial charge < -0.3 is 9.84 Å². The Labute approximate surface area is 108 Å². The van der Waals surface area contributed by atoms with Crippen LogP contribution >= 0.6 is 0 Å². The standard InChI is InChI=1S/C11H21NO5S/c1-8(11(14)17-2)18(15,16)12-10-6-4-3-5-9(10)7-13/h8-10,12-13H,3-7H2,1-2H3. The summed E-state index contributed by atoms with van der Waals surface area (Å²) in [5, 5.41) is 7.99. The summed E-state index contributed by atoms with van der Waals surface area (Å²) in [7, 11) is -2.59. The van der Waals surface area contributed by atoms with Gasteiger partial charge in [-0.1, -0.05) is 12.8 Å². The Morgan fingerprint density at radius 1 is 1.44 bits per heavy atom. The fourth-order valence-electron chi connectivity index (χ4n) is 2.19. The first-order valence-electron chi connectivity index (χ1n) is 6.12. The van der Waals surface area contributed by atoms with Crippen molar-refractivity contribution in [3.63, 3.8) is 0 Å². The van der Waals surface area contributed by atoms with E-state index >= 15 is 0 Å². The molecule has 0 spiro atoms. The van der Waals surface area contributed by atoms with Crippen LogP contribution in [0.2, 0.25) is 0 Å². The zero-order valence-electron chi connectivity index (χ0n) is 10.8.